The van der Waals surface area contributed by atoms with Crippen LogP contribution in [0.5, 0.6) is 5.75 Å². The normalized spacial score (nSPS) is 10.3. The van der Waals surface area contributed by atoms with Crippen LogP contribution in [0.15, 0.2) is 18.2 Å². The molecule has 0 aliphatic heterocycles. The lowest BCUT2D eigenvalue weighted by molar-refractivity contribution is 0.151. The van der Waals surface area contributed by atoms with Gasteiger partial charge in [-0.2, -0.15) is 0 Å². The maximum atomic E-state index is 11.2. The van der Waals surface area contributed by atoms with Crippen molar-refractivity contribution in [2.24, 2.45) is 0 Å². The molecule has 0 atom stereocenters. The Morgan fingerprint density at radius 1 is 1.39 bits per heavy atom. The number of alkyl carbamates (subject to hydrolysis) is 1. The van der Waals surface area contributed by atoms with Crippen LogP contribution in [0.4, 0.5) is 4.79 Å². The number of carbonyl (C=O) groups excluding carboxylic acids is 1. The zero-order valence-corrected chi connectivity index (χ0v) is 11.4. The first-order valence-corrected chi connectivity index (χ1v) is 6.15. The van der Waals surface area contributed by atoms with E-state index in [9.17, 15) is 4.79 Å². The Morgan fingerprint density at radius 2 is 2.11 bits per heavy atom. The number of amides is 1. The minimum absolute atomic E-state index is 0.370. The Kier molecular flexibility index (Phi) is 5.49. The fourth-order valence-electron chi connectivity index (χ4n) is 1.62. The Morgan fingerprint density at radius 3 is 2.67 bits per heavy atom. The molecule has 0 aliphatic carbocycles. The highest BCUT2D eigenvalue weighted by molar-refractivity contribution is 5.67. The van der Waals surface area contributed by atoms with Crippen molar-refractivity contribution in [2.45, 2.75) is 33.2 Å². The molecule has 0 aromatic heterocycles. The molecule has 4 heteroatoms. The average molecular weight is 251 g/mol. The Labute approximate surface area is 108 Å². The van der Waals surface area contributed by atoms with E-state index in [1.807, 2.05) is 12.1 Å². The van der Waals surface area contributed by atoms with Crippen molar-refractivity contribution in [2.75, 3.05) is 13.7 Å². The van der Waals surface area contributed by atoms with E-state index in [4.69, 9.17) is 9.47 Å². The predicted molar refractivity (Wildman–Crippen MR) is 70.9 cm³/mol. The summed E-state index contributed by atoms with van der Waals surface area (Å²) in [7, 11) is 1.63. The molecule has 0 unspecified atom stereocenters. The Balaban J connectivity index is 2.73. The molecule has 1 N–H and O–H groups in total. The van der Waals surface area contributed by atoms with Gasteiger partial charge in [0.2, 0.25) is 0 Å². The fourth-order valence-corrected chi connectivity index (χ4v) is 1.62. The smallest absolute Gasteiger partial charge is 0.407 e. The largest absolute Gasteiger partial charge is 0.496 e. The predicted octanol–water partition coefficient (Wildman–Crippen LogP) is 3.06. The molecule has 4 nitrogen and oxygen atoms in total. The summed E-state index contributed by atoms with van der Waals surface area (Å²) >= 11 is 0. The molecule has 0 heterocycles. The van der Waals surface area contributed by atoms with Crippen LogP contribution in [0.2, 0.25) is 0 Å². The van der Waals surface area contributed by atoms with E-state index >= 15 is 0 Å². The van der Waals surface area contributed by atoms with Gasteiger partial charge < -0.3 is 14.8 Å². The number of benzene rings is 1. The molecule has 18 heavy (non-hydrogen) atoms. The monoisotopic (exact) mass is 251 g/mol. The fraction of sp³-hybridized carbons (Fsp3) is 0.500. The molecule has 1 aromatic rings. The summed E-state index contributed by atoms with van der Waals surface area (Å²) in [5, 5.41) is 2.68. The van der Waals surface area contributed by atoms with Crippen molar-refractivity contribution in [3.8, 4) is 5.75 Å². The van der Waals surface area contributed by atoms with Crippen LogP contribution in [0.1, 0.15) is 37.8 Å². The first kappa shape index (κ1) is 14.4. The van der Waals surface area contributed by atoms with Gasteiger partial charge in [0, 0.05) is 12.1 Å². The molecule has 0 spiro atoms. The first-order valence-electron chi connectivity index (χ1n) is 6.15. The Bertz CT molecular complexity index is 402. The lowest BCUT2D eigenvalue weighted by Gasteiger charge is -2.13. The van der Waals surface area contributed by atoms with Crippen molar-refractivity contribution in [3.63, 3.8) is 0 Å². The summed E-state index contributed by atoms with van der Waals surface area (Å²) in [5.74, 6) is 1.24. The van der Waals surface area contributed by atoms with Crippen LogP contribution in [0, 0.1) is 0 Å². The van der Waals surface area contributed by atoms with Crippen LogP contribution in [0.25, 0.3) is 0 Å². The minimum atomic E-state index is -0.410. The number of rotatable bonds is 5. The zero-order valence-electron chi connectivity index (χ0n) is 11.4. The van der Waals surface area contributed by atoms with E-state index < -0.39 is 6.09 Å². The molecule has 1 aromatic carbocycles. The van der Waals surface area contributed by atoms with Crippen LogP contribution in [0.3, 0.4) is 0 Å². The number of carbonyl (C=O) groups is 1. The van der Waals surface area contributed by atoms with Crippen LogP contribution >= 0.6 is 0 Å². The Hall–Kier alpha value is -1.71. The van der Waals surface area contributed by atoms with Gasteiger partial charge in [0.1, 0.15) is 5.75 Å². The second-order valence-electron chi connectivity index (χ2n) is 4.30. The lowest BCUT2D eigenvalue weighted by Crippen LogP contribution is -2.23. The highest BCUT2D eigenvalue weighted by Crippen LogP contribution is 2.24. The number of hydrogen-bond donors (Lipinski definition) is 1. The van der Waals surface area contributed by atoms with Gasteiger partial charge in [-0.15, -0.1) is 0 Å². The summed E-state index contributed by atoms with van der Waals surface area (Å²) < 4.78 is 10.1. The second kappa shape index (κ2) is 6.89. The maximum absolute atomic E-state index is 11.2. The summed E-state index contributed by atoms with van der Waals surface area (Å²) in [5.41, 5.74) is 2.15. The molecule has 0 radical (unpaired) electrons. The lowest BCUT2D eigenvalue weighted by atomic mass is 10.0. The zero-order chi connectivity index (χ0) is 13.5. The molecule has 0 saturated heterocycles. The van der Waals surface area contributed by atoms with Crippen LogP contribution in [-0.4, -0.2) is 19.8 Å². The standard InChI is InChI=1S/C14H21NO3/c1-5-18-14(16)15-9-12-7-6-11(10(2)3)8-13(12)17-4/h6-8,10H,5,9H2,1-4H3,(H,15,16). The average Bonchev–Trinajstić information content (AvgIpc) is 2.36. The first-order chi connectivity index (χ1) is 8.58. The number of hydrogen-bond acceptors (Lipinski definition) is 3. The van der Waals surface area contributed by atoms with Gasteiger partial charge in [-0.05, 0) is 24.5 Å². The molecule has 1 amide bonds. The minimum Gasteiger partial charge on any atom is -0.496 e. The van der Waals surface area contributed by atoms with Gasteiger partial charge in [0.05, 0.1) is 13.7 Å². The van der Waals surface area contributed by atoms with Gasteiger partial charge >= 0.3 is 6.09 Å². The topological polar surface area (TPSA) is 47.6 Å². The molecular formula is C14H21NO3. The summed E-state index contributed by atoms with van der Waals surface area (Å²) in [6.07, 6.45) is -0.410. The highest BCUT2D eigenvalue weighted by Gasteiger charge is 2.08. The number of methoxy groups -OCH3 is 1. The van der Waals surface area contributed by atoms with Gasteiger partial charge in [-0.25, -0.2) is 4.79 Å². The van der Waals surface area contributed by atoms with E-state index in [0.29, 0.717) is 19.1 Å². The molecule has 0 bridgehead atoms. The van der Waals surface area contributed by atoms with E-state index in [-0.39, 0.29) is 0 Å². The van der Waals surface area contributed by atoms with E-state index in [0.717, 1.165) is 11.3 Å². The number of ether oxygens (including phenoxy) is 2. The number of nitrogens with one attached hydrogen (secondary N) is 1. The third-order valence-electron chi connectivity index (χ3n) is 2.68. The van der Waals surface area contributed by atoms with Gasteiger partial charge in [-0.1, -0.05) is 26.0 Å². The van der Waals surface area contributed by atoms with Gasteiger partial charge in [0.25, 0.3) is 0 Å². The van der Waals surface area contributed by atoms with Crippen molar-refractivity contribution in [1.29, 1.82) is 0 Å². The van der Waals surface area contributed by atoms with E-state index in [1.165, 1.54) is 5.56 Å². The molecule has 1 rings (SSSR count). The van der Waals surface area contributed by atoms with E-state index in [2.05, 4.69) is 25.2 Å². The van der Waals surface area contributed by atoms with Gasteiger partial charge in [-0.3, -0.25) is 0 Å². The molecule has 0 fully saturated rings. The summed E-state index contributed by atoms with van der Waals surface area (Å²) in [4.78, 5) is 11.2. The quantitative estimate of drug-likeness (QED) is 0.874. The molecule has 100 valence electrons. The SMILES string of the molecule is CCOC(=O)NCc1ccc(C(C)C)cc1OC. The summed E-state index contributed by atoms with van der Waals surface area (Å²) in [6, 6.07) is 6.03. The van der Waals surface area contributed by atoms with Crippen molar-refractivity contribution >= 4 is 6.09 Å². The van der Waals surface area contributed by atoms with Crippen molar-refractivity contribution in [1.82, 2.24) is 5.32 Å². The third-order valence-corrected chi connectivity index (χ3v) is 2.68. The second-order valence-corrected chi connectivity index (χ2v) is 4.30. The maximum Gasteiger partial charge on any atom is 0.407 e. The van der Waals surface area contributed by atoms with Crippen LogP contribution < -0.4 is 10.1 Å². The van der Waals surface area contributed by atoms with E-state index in [1.54, 1.807) is 14.0 Å². The van der Waals surface area contributed by atoms with Crippen LogP contribution in [-0.2, 0) is 11.3 Å². The summed E-state index contributed by atoms with van der Waals surface area (Å²) in [6.45, 7) is 6.81. The van der Waals surface area contributed by atoms with Crippen molar-refractivity contribution in [3.05, 3.63) is 29.3 Å². The molecular weight excluding hydrogens is 230 g/mol. The highest BCUT2D eigenvalue weighted by atomic mass is 16.5. The third kappa shape index (κ3) is 3.95. The molecule has 0 saturated carbocycles. The molecule has 0 aliphatic rings. The van der Waals surface area contributed by atoms with Crippen molar-refractivity contribution < 1.29 is 14.3 Å². The van der Waals surface area contributed by atoms with Gasteiger partial charge in [0.15, 0.2) is 0 Å².